The maximum atomic E-state index is 10.5. The monoisotopic (exact) mass is 487 g/mol. The zero-order chi connectivity index (χ0) is 21.4. The van der Waals surface area contributed by atoms with Crippen LogP contribution in [0.4, 0.5) is 10.5 Å². The third-order valence-corrected chi connectivity index (χ3v) is 5.64. The second-order valence-electron chi connectivity index (χ2n) is 7.78. The van der Waals surface area contributed by atoms with Gasteiger partial charge in [-0.3, -0.25) is 0 Å². The highest BCUT2D eigenvalue weighted by atomic mass is 79.9. The number of carboxylic acid groups (broad SMARTS) is 1. The number of carbonyl (C=O) groups is 1. The molecular formula is C23H40BrN2O4-. The van der Waals surface area contributed by atoms with E-state index in [1.54, 1.807) is 18.2 Å². The van der Waals surface area contributed by atoms with Crippen molar-refractivity contribution in [3.8, 4) is 5.75 Å². The smallest absolute Gasteiger partial charge is 0.142 e. The summed E-state index contributed by atoms with van der Waals surface area (Å²) in [7, 11) is 0. The molecule has 1 aliphatic heterocycles. The van der Waals surface area contributed by atoms with Crippen molar-refractivity contribution in [3.63, 3.8) is 0 Å². The van der Waals surface area contributed by atoms with Gasteiger partial charge < -0.3 is 46.5 Å². The quantitative estimate of drug-likeness (QED) is 0.357. The number of likely N-dealkylation sites (N-methyl/N-ethyl adjacent to an activating group) is 1. The molecule has 2 rings (SSSR count). The Hall–Kier alpha value is -1.31. The van der Waals surface area contributed by atoms with Gasteiger partial charge in [0.15, 0.2) is 0 Å². The molecule has 1 aromatic rings. The Bertz CT molecular complexity index is 560. The molecule has 1 aromatic carbocycles. The third kappa shape index (κ3) is 11.8. The molecule has 1 aliphatic rings. The first-order valence-electron chi connectivity index (χ1n) is 11.2. The number of rotatable bonds is 11. The van der Waals surface area contributed by atoms with Gasteiger partial charge in [-0.1, -0.05) is 44.7 Å². The van der Waals surface area contributed by atoms with Crippen LogP contribution in [0.2, 0.25) is 0 Å². The first-order valence-corrected chi connectivity index (χ1v) is 11.2. The number of ether oxygens (including phenoxy) is 1. The van der Waals surface area contributed by atoms with E-state index in [1.807, 2.05) is 6.07 Å². The van der Waals surface area contributed by atoms with Crippen molar-refractivity contribution in [3.05, 3.63) is 24.3 Å². The van der Waals surface area contributed by atoms with Gasteiger partial charge >= 0.3 is 0 Å². The van der Waals surface area contributed by atoms with Crippen molar-refractivity contribution in [1.29, 1.82) is 0 Å². The number of halogens is 1. The minimum absolute atomic E-state index is 0. The maximum Gasteiger partial charge on any atom is 0.142 e. The van der Waals surface area contributed by atoms with Crippen LogP contribution in [0.3, 0.4) is 0 Å². The number of unbranched alkanes of at least 4 members (excludes halogenated alkanes) is 4. The highest BCUT2D eigenvalue weighted by Crippen LogP contribution is 2.23. The Morgan fingerprint density at radius 2 is 1.77 bits per heavy atom. The minimum Gasteiger partial charge on any atom is -1.00 e. The zero-order valence-corrected chi connectivity index (χ0v) is 20.3. The number of amides is 1. The van der Waals surface area contributed by atoms with Crippen molar-refractivity contribution < 1.29 is 41.2 Å². The molecule has 174 valence electrons. The summed E-state index contributed by atoms with van der Waals surface area (Å²) in [6.45, 7) is 10.1. The predicted molar refractivity (Wildman–Crippen MR) is 116 cm³/mol. The van der Waals surface area contributed by atoms with Crippen LogP contribution in [0.15, 0.2) is 24.3 Å². The van der Waals surface area contributed by atoms with Crippen LogP contribution < -0.4 is 32.1 Å². The van der Waals surface area contributed by atoms with Gasteiger partial charge in [0.25, 0.3) is 0 Å². The van der Waals surface area contributed by atoms with Gasteiger partial charge in [0.1, 0.15) is 18.4 Å². The number of quaternary nitrogens is 1. The van der Waals surface area contributed by atoms with Crippen LogP contribution in [0.1, 0.15) is 65.2 Å². The number of aliphatic hydroxyl groups is 1. The van der Waals surface area contributed by atoms with E-state index in [1.165, 1.54) is 58.2 Å². The maximum absolute atomic E-state index is 10.5. The number of aliphatic hydroxyl groups excluding tert-OH is 1. The Labute approximate surface area is 193 Å². The lowest BCUT2D eigenvalue weighted by Crippen LogP contribution is -3.00. The first-order chi connectivity index (χ1) is 14.1. The van der Waals surface area contributed by atoms with Gasteiger partial charge in [0.05, 0.1) is 38.5 Å². The average Bonchev–Trinajstić information content (AvgIpc) is 2.73. The molecule has 1 heterocycles. The molecule has 1 amide bonds. The predicted octanol–water partition coefficient (Wildman–Crippen LogP) is 0.794. The average molecular weight is 488 g/mol. The number of nitrogens with zero attached hydrogens (tertiary/aromatic N) is 1. The number of carbonyl (C=O) groups excluding carboxylic acids is 1. The first kappa shape index (κ1) is 28.7. The lowest BCUT2D eigenvalue weighted by atomic mass is 10.1. The summed E-state index contributed by atoms with van der Waals surface area (Å²) in [5.41, 5.74) is 0.436. The zero-order valence-electron chi connectivity index (χ0n) is 18.7. The number of para-hydroxylation sites is 2. The van der Waals surface area contributed by atoms with E-state index in [0.29, 0.717) is 24.7 Å². The van der Waals surface area contributed by atoms with Gasteiger partial charge in [0.2, 0.25) is 0 Å². The molecule has 0 unspecified atom stereocenters. The van der Waals surface area contributed by atoms with Crippen LogP contribution in [0.25, 0.3) is 0 Å². The molecule has 1 saturated heterocycles. The van der Waals surface area contributed by atoms with Gasteiger partial charge in [-0.15, -0.1) is 0 Å². The topological polar surface area (TPSA) is 81.6 Å². The second kappa shape index (κ2) is 17.4. The number of piperidine rings is 1. The Balaban J connectivity index is 0.000000603. The molecule has 0 aromatic heterocycles. The van der Waals surface area contributed by atoms with Gasteiger partial charge in [0, 0.05) is 0 Å². The fourth-order valence-corrected chi connectivity index (χ4v) is 3.79. The molecular weight excluding hydrogens is 448 g/mol. The molecule has 0 bridgehead atoms. The number of hydrogen-bond acceptors (Lipinski definition) is 4. The fraction of sp³-hybridized carbons (Fsp3) is 0.696. The fourth-order valence-electron chi connectivity index (χ4n) is 3.79. The van der Waals surface area contributed by atoms with Crippen molar-refractivity contribution in [1.82, 2.24) is 0 Å². The summed E-state index contributed by atoms with van der Waals surface area (Å²) in [6.07, 6.45) is 8.60. The summed E-state index contributed by atoms with van der Waals surface area (Å²) >= 11 is 0. The molecule has 7 heteroatoms. The van der Waals surface area contributed by atoms with Gasteiger partial charge in [-0.2, -0.15) is 0 Å². The molecule has 2 N–H and O–H groups in total. The van der Waals surface area contributed by atoms with Crippen molar-refractivity contribution in [2.75, 3.05) is 44.7 Å². The highest BCUT2D eigenvalue weighted by molar-refractivity contribution is 5.83. The number of benzene rings is 1. The summed E-state index contributed by atoms with van der Waals surface area (Å²) in [5, 5.41) is 21.6. The molecule has 0 radical (unpaired) electrons. The van der Waals surface area contributed by atoms with Crippen LogP contribution in [-0.2, 0) is 0 Å². The van der Waals surface area contributed by atoms with Crippen molar-refractivity contribution >= 4 is 11.8 Å². The SMILES string of the molecule is CCCCCCCOc1ccccc1NC(=O)[O-].CC[N+]1(CCO)CCCCC1.[Br-]. The lowest BCUT2D eigenvalue weighted by molar-refractivity contribution is -0.931. The summed E-state index contributed by atoms with van der Waals surface area (Å²) in [6, 6.07) is 6.96. The van der Waals surface area contributed by atoms with E-state index in [0.717, 1.165) is 23.9 Å². The highest BCUT2D eigenvalue weighted by Gasteiger charge is 2.26. The third-order valence-electron chi connectivity index (χ3n) is 5.64. The summed E-state index contributed by atoms with van der Waals surface area (Å²) in [5.74, 6) is 0.553. The Morgan fingerprint density at radius 1 is 1.10 bits per heavy atom. The van der Waals surface area contributed by atoms with Gasteiger partial charge in [-0.05, 0) is 44.7 Å². The van der Waals surface area contributed by atoms with Crippen LogP contribution in [0.5, 0.6) is 5.75 Å². The van der Waals surface area contributed by atoms with Crippen molar-refractivity contribution in [2.24, 2.45) is 0 Å². The summed E-state index contributed by atoms with van der Waals surface area (Å²) < 4.78 is 6.73. The minimum atomic E-state index is -1.33. The Kier molecular flexibility index (Phi) is 16.6. The molecule has 0 aliphatic carbocycles. The molecule has 0 atom stereocenters. The van der Waals surface area contributed by atoms with Crippen LogP contribution in [-0.4, -0.2) is 55.1 Å². The number of anilines is 1. The van der Waals surface area contributed by atoms with E-state index in [4.69, 9.17) is 9.84 Å². The Morgan fingerprint density at radius 3 is 2.37 bits per heavy atom. The van der Waals surface area contributed by atoms with E-state index < -0.39 is 6.09 Å². The van der Waals surface area contributed by atoms with Crippen molar-refractivity contribution in [2.45, 2.75) is 65.2 Å². The van der Waals surface area contributed by atoms with Crippen LogP contribution >= 0.6 is 0 Å². The molecule has 0 saturated carbocycles. The van der Waals surface area contributed by atoms with E-state index >= 15 is 0 Å². The second-order valence-corrected chi connectivity index (χ2v) is 7.78. The lowest BCUT2D eigenvalue weighted by Gasteiger charge is -2.40. The molecule has 6 nitrogen and oxygen atoms in total. The molecule has 30 heavy (non-hydrogen) atoms. The largest absolute Gasteiger partial charge is 1.00 e. The standard InChI is InChI=1S/C14H21NO3.C9H20NO.BrH/c1-2-3-4-5-8-11-18-13-10-7-6-9-12(13)15-14(16)17;1-2-10(8-9-11)6-4-3-5-7-10;/h6-7,9-10,15H,2-5,8,11H2,1H3,(H,16,17);11H,2-9H2,1H3;1H/q;+1;/p-2. The summed E-state index contributed by atoms with van der Waals surface area (Å²) in [4.78, 5) is 10.5. The van der Waals surface area contributed by atoms with Crippen LogP contribution in [0, 0.1) is 0 Å². The molecule has 1 fully saturated rings. The normalized spacial score (nSPS) is 14.6. The van der Waals surface area contributed by atoms with Gasteiger partial charge in [-0.25, -0.2) is 0 Å². The van der Waals surface area contributed by atoms with E-state index in [-0.39, 0.29) is 17.0 Å². The van der Waals surface area contributed by atoms with E-state index in [2.05, 4.69) is 19.2 Å². The molecule has 0 spiro atoms. The number of nitrogens with one attached hydrogen (secondary N) is 1. The van der Waals surface area contributed by atoms with E-state index in [9.17, 15) is 9.90 Å². The number of hydrogen-bond donors (Lipinski definition) is 2. The number of likely N-dealkylation sites (tertiary alicyclic amines) is 1.